The van der Waals surface area contributed by atoms with Gasteiger partial charge in [-0.2, -0.15) is 12.6 Å². The summed E-state index contributed by atoms with van der Waals surface area (Å²) < 4.78 is 0. The van der Waals surface area contributed by atoms with E-state index in [1.54, 1.807) is 0 Å². The highest BCUT2D eigenvalue weighted by Gasteiger charge is 2.22. The van der Waals surface area contributed by atoms with Crippen LogP contribution in [-0.4, -0.2) is 64.9 Å². The van der Waals surface area contributed by atoms with Crippen LogP contribution in [0.25, 0.3) is 0 Å². The van der Waals surface area contributed by atoms with E-state index < -0.39 is 42.4 Å². The molecule has 2 atom stereocenters. The number of carboxylic acid groups (broad SMARTS) is 2. The van der Waals surface area contributed by atoms with E-state index in [0.717, 1.165) is 25.7 Å². The van der Waals surface area contributed by atoms with E-state index in [-0.39, 0.29) is 18.6 Å². The SMILES string of the molecule is CCCCCCN[C@@H](CCC(=O)N[C@@H](CS)C(=O)NCC(=O)O)C(=O)O. The van der Waals surface area contributed by atoms with Gasteiger partial charge < -0.3 is 26.2 Å². The molecule has 26 heavy (non-hydrogen) atoms. The van der Waals surface area contributed by atoms with Crippen molar-refractivity contribution >= 4 is 36.4 Å². The lowest BCUT2D eigenvalue weighted by molar-refractivity contribution is -0.140. The second kappa shape index (κ2) is 14.4. The fourth-order valence-corrected chi connectivity index (χ4v) is 2.42. The van der Waals surface area contributed by atoms with Gasteiger partial charge in [0, 0.05) is 12.2 Å². The molecule has 0 aliphatic heterocycles. The van der Waals surface area contributed by atoms with Gasteiger partial charge in [0.25, 0.3) is 0 Å². The Morgan fingerprint density at radius 1 is 1.04 bits per heavy atom. The predicted molar refractivity (Wildman–Crippen MR) is 99.2 cm³/mol. The van der Waals surface area contributed by atoms with Crippen LogP contribution in [0.4, 0.5) is 0 Å². The van der Waals surface area contributed by atoms with Crippen LogP contribution in [0.5, 0.6) is 0 Å². The van der Waals surface area contributed by atoms with Gasteiger partial charge in [-0.1, -0.05) is 26.2 Å². The second-order valence-electron chi connectivity index (χ2n) is 5.86. The number of aliphatic carboxylic acids is 2. The van der Waals surface area contributed by atoms with Crippen molar-refractivity contribution in [3.05, 3.63) is 0 Å². The summed E-state index contributed by atoms with van der Waals surface area (Å²) in [6.45, 7) is 2.10. The molecule has 0 saturated heterocycles. The Labute approximate surface area is 158 Å². The number of hydrogen-bond donors (Lipinski definition) is 6. The molecular formula is C16H29N3O6S. The molecule has 0 fully saturated rings. The first kappa shape index (κ1) is 24.2. The smallest absolute Gasteiger partial charge is 0.322 e. The van der Waals surface area contributed by atoms with Gasteiger partial charge in [-0.3, -0.25) is 19.2 Å². The van der Waals surface area contributed by atoms with Gasteiger partial charge in [-0.25, -0.2) is 0 Å². The van der Waals surface area contributed by atoms with E-state index in [1.807, 2.05) is 0 Å². The van der Waals surface area contributed by atoms with Crippen molar-refractivity contribution in [2.24, 2.45) is 0 Å². The van der Waals surface area contributed by atoms with Crippen LogP contribution in [0.1, 0.15) is 45.4 Å². The Kier molecular flexibility index (Phi) is 13.4. The number of hydrogen-bond acceptors (Lipinski definition) is 6. The minimum atomic E-state index is -1.20. The Balaban J connectivity index is 4.29. The summed E-state index contributed by atoms with van der Waals surface area (Å²) >= 11 is 3.96. The molecule has 0 radical (unpaired) electrons. The standard InChI is InChI=1S/C16H29N3O6S/c1-2-3-4-5-8-17-11(16(24)25)6-7-13(20)19-12(10-26)15(23)18-9-14(21)22/h11-12,17,26H,2-10H2,1H3,(H,18,23)(H,19,20)(H,21,22)(H,24,25)/t11-,12-/m0/s1. The highest BCUT2D eigenvalue weighted by Crippen LogP contribution is 2.02. The fraction of sp³-hybridized carbons (Fsp3) is 0.750. The summed E-state index contributed by atoms with van der Waals surface area (Å²) in [5.74, 6) is -3.38. The first-order valence-corrected chi connectivity index (χ1v) is 9.30. The van der Waals surface area contributed by atoms with Crippen molar-refractivity contribution in [3.63, 3.8) is 0 Å². The molecule has 2 amide bonds. The molecule has 0 saturated carbocycles. The van der Waals surface area contributed by atoms with Crippen LogP contribution in [-0.2, 0) is 19.2 Å². The Morgan fingerprint density at radius 2 is 1.73 bits per heavy atom. The number of unbranched alkanes of at least 4 members (excludes halogenated alkanes) is 3. The number of thiol groups is 1. The zero-order chi connectivity index (χ0) is 19.9. The maximum absolute atomic E-state index is 11.9. The van der Waals surface area contributed by atoms with E-state index in [4.69, 9.17) is 5.11 Å². The third-order valence-electron chi connectivity index (χ3n) is 3.63. The highest BCUT2D eigenvalue weighted by molar-refractivity contribution is 7.80. The van der Waals surface area contributed by atoms with Gasteiger partial charge in [0.2, 0.25) is 11.8 Å². The molecule has 0 rings (SSSR count). The Hall–Kier alpha value is -1.81. The zero-order valence-corrected chi connectivity index (χ0v) is 15.9. The van der Waals surface area contributed by atoms with Crippen LogP contribution < -0.4 is 16.0 Å². The maximum Gasteiger partial charge on any atom is 0.322 e. The molecule has 9 nitrogen and oxygen atoms in total. The van der Waals surface area contributed by atoms with Gasteiger partial charge in [0.05, 0.1) is 0 Å². The van der Waals surface area contributed by atoms with Crippen molar-refractivity contribution in [2.45, 2.75) is 57.5 Å². The number of amides is 2. The third kappa shape index (κ3) is 11.7. The topological polar surface area (TPSA) is 145 Å². The van der Waals surface area contributed by atoms with Crippen molar-refractivity contribution in [1.29, 1.82) is 0 Å². The fourth-order valence-electron chi connectivity index (χ4n) is 2.16. The van der Waals surface area contributed by atoms with Crippen LogP contribution in [0.15, 0.2) is 0 Å². The van der Waals surface area contributed by atoms with Crippen LogP contribution >= 0.6 is 12.6 Å². The quantitative estimate of drug-likeness (QED) is 0.170. The maximum atomic E-state index is 11.9. The molecule has 0 aliphatic rings. The highest BCUT2D eigenvalue weighted by atomic mass is 32.1. The molecule has 0 aromatic heterocycles. The lowest BCUT2D eigenvalue weighted by Crippen LogP contribution is -2.49. The van der Waals surface area contributed by atoms with Crippen molar-refractivity contribution in [1.82, 2.24) is 16.0 Å². The van der Waals surface area contributed by atoms with Crippen LogP contribution in [0.3, 0.4) is 0 Å². The van der Waals surface area contributed by atoms with E-state index in [2.05, 4.69) is 35.5 Å². The minimum Gasteiger partial charge on any atom is -0.480 e. The molecule has 5 N–H and O–H groups in total. The zero-order valence-electron chi connectivity index (χ0n) is 15.0. The van der Waals surface area contributed by atoms with Gasteiger partial charge >= 0.3 is 11.9 Å². The second-order valence-corrected chi connectivity index (χ2v) is 6.22. The monoisotopic (exact) mass is 391 g/mol. The summed E-state index contributed by atoms with van der Waals surface area (Å²) in [6.07, 6.45) is 4.09. The molecule has 0 aliphatic carbocycles. The number of carbonyl (C=O) groups excluding carboxylic acids is 2. The van der Waals surface area contributed by atoms with Crippen molar-refractivity contribution in [2.75, 3.05) is 18.8 Å². The van der Waals surface area contributed by atoms with Gasteiger partial charge in [0.15, 0.2) is 0 Å². The average molecular weight is 391 g/mol. The molecule has 0 unspecified atom stereocenters. The summed E-state index contributed by atoms with van der Waals surface area (Å²) in [7, 11) is 0. The number of carboxylic acids is 2. The number of rotatable bonds is 15. The Morgan fingerprint density at radius 3 is 2.27 bits per heavy atom. The van der Waals surface area contributed by atoms with Crippen LogP contribution in [0.2, 0.25) is 0 Å². The van der Waals surface area contributed by atoms with E-state index in [0.29, 0.717) is 6.54 Å². The predicted octanol–water partition coefficient (Wildman–Crippen LogP) is 0.00510. The molecule has 0 aromatic carbocycles. The molecule has 0 heterocycles. The van der Waals surface area contributed by atoms with E-state index >= 15 is 0 Å². The van der Waals surface area contributed by atoms with E-state index in [1.165, 1.54) is 0 Å². The van der Waals surface area contributed by atoms with E-state index in [9.17, 15) is 24.3 Å². The molecule has 0 aromatic rings. The lowest BCUT2D eigenvalue weighted by atomic mass is 10.1. The molecule has 10 heteroatoms. The van der Waals surface area contributed by atoms with Crippen molar-refractivity contribution in [3.8, 4) is 0 Å². The van der Waals surface area contributed by atoms with Gasteiger partial charge in [-0.15, -0.1) is 0 Å². The lowest BCUT2D eigenvalue weighted by Gasteiger charge is -2.17. The molecular weight excluding hydrogens is 362 g/mol. The first-order chi connectivity index (χ1) is 12.3. The van der Waals surface area contributed by atoms with Crippen molar-refractivity contribution < 1.29 is 29.4 Å². The molecule has 0 spiro atoms. The molecule has 150 valence electrons. The largest absolute Gasteiger partial charge is 0.480 e. The summed E-state index contributed by atoms with van der Waals surface area (Å²) in [5, 5.41) is 25.2. The van der Waals surface area contributed by atoms with Crippen LogP contribution in [0, 0.1) is 0 Å². The van der Waals surface area contributed by atoms with Gasteiger partial charge in [0.1, 0.15) is 18.6 Å². The summed E-state index contributed by atoms with van der Waals surface area (Å²) in [5.41, 5.74) is 0. The molecule has 0 bridgehead atoms. The summed E-state index contributed by atoms with van der Waals surface area (Å²) in [6, 6.07) is -1.81. The first-order valence-electron chi connectivity index (χ1n) is 8.67. The summed E-state index contributed by atoms with van der Waals surface area (Å²) in [4.78, 5) is 45.4. The number of carbonyl (C=O) groups is 4. The minimum absolute atomic E-state index is 0.00473. The average Bonchev–Trinajstić information content (AvgIpc) is 2.59. The number of nitrogens with one attached hydrogen (secondary N) is 3. The van der Waals surface area contributed by atoms with Gasteiger partial charge in [-0.05, 0) is 19.4 Å². The Bertz CT molecular complexity index is 475. The third-order valence-corrected chi connectivity index (χ3v) is 3.99. The normalized spacial score (nSPS) is 12.8.